The van der Waals surface area contributed by atoms with Crippen LogP contribution in [-0.4, -0.2) is 53.0 Å². The van der Waals surface area contributed by atoms with Crippen molar-refractivity contribution in [2.45, 2.75) is 45.6 Å². The average Bonchev–Trinajstić information content (AvgIpc) is 3.40. The Morgan fingerprint density at radius 1 is 1.13 bits per heavy atom. The van der Waals surface area contributed by atoms with Crippen LogP contribution in [0.2, 0.25) is 0 Å². The monoisotopic (exact) mass is 413 g/mol. The Hall–Kier alpha value is -3.03. The topological polar surface area (TPSA) is 82.9 Å². The molecule has 0 saturated carbocycles. The van der Waals surface area contributed by atoms with Gasteiger partial charge in [-0.3, -0.25) is 9.48 Å². The van der Waals surface area contributed by atoms with Crippen LogP contribution in [0, 0.1) is 0 Å². The molecule has 8 heteroatoms. The van der Waals surface area contributed by atoms with Gasteiger partial charge in [0.1, 0.15) is 0 Å². The molecule has 30 heavy (non-hydrogen) atoms. The number of esters is 1. The number of amides is 1. The van der Waals surface area contributed by atoms with E-state index in [1.807, 2.05) is 15.6 Å². The summed E-state index contributed by atoms with van der Waals surface area (Å²) in [5, 5.41) is 4.55. The highest BCUT2D eigenvalue weighted by atomic mass is 16.7. The predicted octanol–water partition coefficient (Wildman–Crippen LogP) is 3.22. The third kappa shape index (κ3) is 3.99. The van der Waals surface area contributed by atoms with Gasteiger partial charge in [0.25, 0.3) is 5.91 Å². The number of rotatable bonds is 6. The van der Waals surface area contributed by atoms with Crippen LogP contribution in [0.4, 0.5) is 0 Å². The molecular weight excluding hydrogens is 386 g/mol. The van der Waals surface area contributed by atoms with E-state index in [1.165, 1.54) is 0 Å². The standard InChI is InChI=1S/C22H27N3O5/c1-3-5-17-13-18(22(27)28-4-2)23-25(17)16-8-10-24(11-9-16)21(26)15-6-7-19-20(12-15)30-14-29-19/h6-7,12-13,16H,3-5,8-11,14H2,1-2H3. The van der Waals surface area contributed by atoms with Gasteiger partial charge in [0.15, 0.2) is 17.2 Å². The molecule has 1 aromatic heterocycles. The first kappa shape index (κ1) is 20.3. The van der Waals surface area contributed by atoms with Crippen LogP contribution in [-0.2, 0) is 11.2 Å². The largest absolute Gasteiger partial charge is 0.461 e. The number of carbonyl (C=O) groups excluding carboxylic acids is 2. The van der Waals surface area contributed by atoms with Gasteiger partial charge < -0.3 is 19.1 Å². The Morgan fingerprint density at radius 3 is 2.63 bits per heavy atom. The van der Waals surface area contributed by atoms with Crippen LogP contribution in [0.25, 0.3) is 0 Å². The minimum Gasteiger partial charge on any atom is -0.461 e. The highest BCUT2D eigenvalue weighted by Gasteiger charge is 2.28. The van der Waals surface area contributed by atoms with Crippen molar-refractivity contribution >= 4 is 11.9 Å². The molecule has 0 N–H and O–H groups in total. The summed E-state index contributed by atoms with van der Waals surface area (Å²) in [6, 6.07) is 7.30. The molecule has 160 valence electrons. The second-order valence-corrected chi connectivity index (χ2v) is 7.53. The Bertz CT molecular complexity index is 931. The molecule has 0 radical (unpaired) electrons. The van der Waals surface area contributed by atoms with Crippen LogP contribution in [0.3, 0.4) is 0 Å². The van der Waals surface area contributed by atoms with Crippen molar-refractivity contribution in [1.29, 1.82) is 0 Å². The van der Waals surface area contributed by atoms with Crippen LogP contribution >= 0.6 is 0 Å². The zero-order valence-electron chi connectivity index (χ0n) is 17.4. The molecule has 0 atom stereocenters. The summed E-state index contributed by atoms with van der Waals surface area (Å²) < 4.78 is 17.8. The maximum atomic E-state index is 12.9. The first-order chi connectivity index (χ1) is 14.6. The summed E-state index contributed by atoms with van der Waals surface area (Å²) in [5.74, 6) is 0.894. The lowest BCUT2D eigenvalue weighted by atomic mass is 10.0. The summed E-state index contributed by atoms with van der Waals surface area (Å²) in [5.41, 5.74) is 2.01. The van der Waals surface area contributed by atoms with Crippen LogP contribution in [0.1, 0.15) is 65.7 Å². The lowest BCUT2D eigenvalue weighted by molar-refractivity contribution is 0.0517. The van der Waals surface area contributed by atoms with Gasteiger partial charge in [0.05, 0.1) is 12.6 Å². The Kier molecular flexibility index (Phi) is 5.92. The van der Waals surface area contributed by atoms with Crippen molar-refractivity contribution in [3.05, 3.63) is 41.2 Å². The number of fused-ring (bicyclic) bond motifs is 1. The molecule has 0 aliphatic carbocycles. The Morgan fingerprint density at radius 2 is 1.90 bits per heavy atom. The number of likely N-dealkylation sites (tertiary alicyclic amines) is 1. The van der Waals surface area contributed by atoms with Crippen molar-refractivity contribution in [2.75, 3.05) is 26.5 Å². The van der Waals surface area contributed by atoms with E-state index in [1.54, 1.807) is 25.1 Å². The third-order valence-electron chi connectivity index (χ3n) is 5.52. The molecule has 2 aliphatic heterocycles. The van der Waals surface area contributed by atoms with Gasteiger partial charge in [0, 0.05) is 24.3 Å². The molecule has 4 rings (SSSR count). The van der Waals surface area contributed by atoms with E-state index in [0.29, 0.717) is 42.5 Å². The van der Waals surface area contributed by atoms with Crippen LogP contribution in [0.15, 0.2) is 24.3 Å². The van der Waals surface area contributed by atoms with E-state index >= 15 is 0 Å². The maximum absolute atomic E-state index is 12.9. The number of nitrogens with zero attached hydrogens (tertiary/aromatic N) is 3. The molecule has 0 spiro atoms. The quantitative estimate of drug-likeness (QED) is 0.677. The number of ether oxygens (including phenoxy) is 3. The van der Waals surface area contributed by atoms with Crippen molar-refractivity contribution in [3.63, 3.8) is 0 Å². The molecule has 0 unspecified atom stereocenters. The Labute approximate surface area is 175 Å². The van der Waals surface area contributed by atoms with Gasteiger partial charge in [-0.15, -0.1) is 0 Å². The summed E-state index contributed by atoms with van der Waals surface area (Å²) in [6.07, 6.45) is 3.39. The number of piperidine rings is 1. The lowest BCUT2D eigenvalue weighted by Gasteiger charge is -2.33. The number of aryl methyl sites for hydroxylation is 1. The SMILES string of the molecule is CCCc1cc(C(=O)OCC)nn1C1CCN(C(=O)c2ccc3c(c2)OCO3)CC1. The van der Waals surface area contributed by atoms with Gasteiger partial charge in [-0.1, -0.05) is 13.3 Å². The summed E-state index contributed by atoms with van der Waals surface area (Å²) in [7, 11) is 0. The van der Waals surface area contributed by atoms with Crippen molar-refractivity contribution < 1.29 is 23.8 Å². The second-order valence-electron chi connectivity index (χ2n) is 7.53. The van der Waals surface area contributed by atoms with E-state index in [4.69, 9.17) is 14.2 Å². The zero-order valence-corrected chi connectivity index (χ0v) is 17.4. The summed E-state index contributed by atoms with van der Waals surface area (Å²) in [6.45, 7) is 5.68. The fraction of sp³-hybridized carbons (Fsp3) is 0.500. The fourth-order valence-corrected chi connectivity index (χ4v) is 4.02. The number of carbonyl (C=O) groups is 2. The maximum Gasteiger partial charge on any atom is 0.358 e. The molecule has 1 aromatic carbocycles. The number of aromatic nitrogens is 2. The molecule has 2 aliphatic rings. The second kappa shape index (κ2) is 8.77. The zero-order chi connectivity index (χ0) is 21.1. The lowest BCUT2D eigenvalue weighted by Crippen LogP contribution is -2.39. The minimum absolute atomic E-state index is 0.00629. The van der Waals surface area contributed by atoms with Crippen LogP contribution < -0.4 is 9.47 Å². The number of benzene rings is 1. The third-order valence-corrected chi connectivity index (χ3v) is 5.52. The van der Waals surface area contributed by atoms with E-state index in [0.717, 1.165) is 31.4 Å². The van der Waals surface area contributed by atoms with Crippen molar-refractivity contribution in [3.8, 4) is 11.5 Å². The molecule has 1 saturated heterocycles. The van der Waals surface area contributed by atoms with Crippen molar-refractivity contribution in [1.82, 2.24) is 14.7 Å². The van der Waals surface area contributed by atoms with E-state index < -0.39 is 0 Å². The van der Waals surface area contributed by atoms with Crippen molar-refractivity contribution in [2.24, 2.45) is 0 Å². The van der Waals surface area contributed by atoms with E-state index in [9.17, 15) is 9.59 Å². The molecule has 8 nitrogen and oxygen atoms in total. The van der Waals surface area contributed by atoms with Gasteiger partial charge in [-0.05, 0) is 50.5 Å². The molecular formula is C22H27N3O5. The van der Waals surface area contributed by atoms with Gasteiger partial charge in [-0.25, -0.2) is 4.79 Å². The van der Waals surface area contributed by atoms with E-state index in [2.05, 4.69) is 12.0 Å². The normalized spacial score (nSPS) is 16.0. The number of hydrogen-bond acceptors (Lipinski definition) is 6. The first-order valence-corrected chi connectivity index (χ1v) is 10.5. The summed E-state index contributed by atoms with van der Waals surface area (Å²) in [4.78, 5) is 26.9. The molecule has 3 heterocycles. The fourth-order valence-electron chi connectivity index (χ4n) is 4.02. The first-order valence-electron chi connectivity index (χ1n) is 10.5. The smallest absolute Gasteiger partial charge is 0.358 e. The van der Waals surface area contributed by atoms with Gasteiger partial charge in [-0.2, -0.15) is 5.10 Å². The highest BCUT2D eigenvalue weighted by Crippen LogP contribution is 2.33. The minimum atomic E-state index is -0.385. The Balaban J connectivity index is 1.44. The van der Waals surface area contributed by atoms with Gasteiger partial charge in [0.2, 0.25) is 6.79 Å². The predicted molar refractivity (Wildman–Crippen MR) is 109 cm³/mol. The molecule has 1 fully saturated rings. The average molecular weight is 413 g/mol. The van der Waals surface area contributed by atoms with Crippen LogP contribution in [0.5, 0.6) is 11.5 Å². The molecule has 0 bridgehead atoms. The molecule has 2 aromatic rings. The molecule has 1 amide bonds. The van der Waals surface area contributed by atoms with Gasteiger partial charge >= 0.3 is 5.97 Å². The van der Waals surface area contributed by atoms with E-state index in [-0.39, 0.29) is 24.7 Å². The summed E-state index contributed by atoms with van der Waals surface area (Å²) >= 11 is 0. The number of hydrogen-bond donors (Lipinski definition) is 0. The highest BCUT2D eigenvalue weighted by molar-refractivity contribution is 5.95.